The van der Waals surface area contributed by atoms with Gasteiger partial charge in [0.2, 0.25) is 0 Å². The second-order valence-corrected chi connectivity index (χ2v) is 4.72. The standard InChI is InChI=1S/C15H14N2O2/c1-10(2)5-13(18)7-15(19)14-6-11(8-16)3-4-12(14)9-17/h3-4,6,10H,5,7H2,1-2H3. The van der Waals surface area contributed by atoms with Crippen molar-refractivity contribution in [3.8, 4) is 12.1 Å². The normalized spacial score (nSPS) is 9.74. The van der Waals surface area contributed by atoms with Crippen molar-refractivity contribution in [2.24, 2.45) is 5.92 Å². The summed E-state index contributed by atoms with van der Waals surface area (Å²) < 4.78 is 0. The van der Waals surface area contributed by atoms with E-state index >= 15 is 0 Å². The molecule has 0 unspecified atom stereocenters. The maximum absolute atomic E-state index is 12.0. The number of carbonyl (C=O) groups is 2. The summed E-state index contributed by atoms with van der Waals surface area (Å²) in [5.41, 5.74) is 0.652. The van der Waals surface area contributed by atoms with Crippen LogP contribution in [0.25, 0.3) is 0 Å². The van der Waals surface area contributed by atoms with Crippen LogP contribution in [0.2, 0.25) is 0 Å². The fourth-order valence-electron chi connectivity index (χ4n) is 1.74. The van der Waals surface area contributed by atoms with Crippen molar-refractivity contribution < 1.29 is 9.59 Å². The minimum absolute atomic E-state index is 0.147. The molecule has 0 atom stereocenters. The molecule has 0 aliphatic carbocycles. The first-order valence-electron chi connectivity index (χ1n) is 5.97. The van der Waals surface area contributed by atoms with E-state index in [1.165, 1.54) is 18.2 Å². The number of nitrogens with zero attached hydrogens (tertiary/aromatic N) is 2. The first-order chi connectivity index (χ1) is 8.97. The molecule has 96 valence electrons. The number of carbonyl (C=O) groups excluding carboxylic acids is 2. The summed E-state index contributed by atoms with van der Waals surface area (Å²) in [5, 5.41) is 17.7. The van der Waals surface area contributed by atoms with E-state index in [1.54, 1.807) is 0 Å². The zero-order valence-electron chi connectivity index (χ0n) is 10.9. The largest absolute Gasteiger partial charge is 0.299 e. The van der Waals surface area contributed by atoms with Gasteiger partial charge in [-0.3, -0.25) is 9.59 Å². The van der Waals surface area contributed by atoms with E-state index in [4.69, 9.17) is 10.5 Å². The van der Waals surface area contributed by atoms with Crippen molar-refractivity contribution in [1.82, 2.24) is 0 Å². The van der Waals surface area contributed by atoms with Crippen LogP contribution in [0.3, 0.4) is 0 Å². The van der Waals surface area contributed by atoms with E-state index in [2.05, 4.69) is 0 Å². The third-order valence-corrected chi connectivity index (χ3v) is 2.56. The molecule has 1 aromatic carbocycles. The van der Waals surface area contributed by atoms with Gasteiger partial charge in [-0.1, -0.05) is 13.8 Å². The first-order valence-corrected chi connectivity index (χ1v) is 5.97. The smallest absolute Gasteiger partial charge is 0.171 e. The van der Waals surface area contributed by atoms with Gasteiger partial charge in [0.25, 0.3) is 0 Å². The van der Waals surface area contributed by atoms with E-state index in [0.717, 1.165) is 0 Å². The third kappa shape index (κ3) is 4.04. The van der Waals surface area contributed by atoms with Gasteiger partial charge < -0.3 is 0 Å². The number of hydrogen-bond acceptors (Lipinski definition) is 4. The zero-order valence-corrected chi connectivity index (χ0v) is 10.9. The predicted octanol–water partition coefficient (Wildman–Crippen LogP) is 2.62. The summed E-state index contributed by atoms with van der Waals surface area (Å²) in [6.45, 7) is 3.80. The summed E-state index contributed by atoms with van der Waals surface area (Å²) in [5.74, 6) is -0.355. The molecule has 0 saturated carbocycles. The minimum atomic E-state index is -0.403. The maximum atomic E-state index is 12.0. The van der Waals surface area contributed by atoms with Crippen molar-refractivity contribution in [3.63, 3.8) is 0 Å². The van der Waals surface area contributed by atoms with E-state index < -0.39 is 5.78 Å². The lowest BCUT2D eigenvalue weighted by molar-refractivity contribution is -0.118. The molecule has 1 aromatic rings. The van der Waals surface area contributed by atoms with E-state index in [1.807, 2.05) is 26.0 Å². The molecule has 0 saturated heterocycles. The first kappa shape index (κ1) is 14.6. The Kier molecular flexibility index (Phi) is 4.97. The SMILES string of the molecule is CC(C)CC(=O)CC(=O)c1cc(C#N)ccc1C#N. The highest BCUT2D eigenvalue weighted by Gasteiger charge is 2.16. The highest BCUT2D eigenvalue weighted by atomic mass is 16.1. The molecular formula is C15H14N2O2. The molecule has 0 bridgehead atoms. The molecule has 0 fully saturated rings. The predicted molar refractivity (Wildman–Crippen MR) is 69.3 cm³/mol. The van der Waals surface area contributed by atoms with Crippen LogP contribution in [-0.2, 0) is 4.79 Å². The number of benzene rings is 1. The molecule has 0 heterocycles. The summed E-state index contributed by atoms with van der Waals surface area (Å²) in [7, 11) is 0. The monoisotopic (exact) mass is 254 g/mol. The van der Waals surface area contributed by atoms with Crippen molar-refractivity contribution in [2.75, 3.05) is 0 Å². The van der Waals surface area contributed by atoms with Gasteiger partial charge in [0.15, 0.2) is 5.78 Å². The molecule has 0 N–H and O–H groups in total. The lowest BCUT2D eigenvalue weighted by Crippen LogP contribution is -2.11. The number of nitriles is 2. The highest BCUT2D eigenvalue weighted by Crippen LogP contribution is 2.14. The minimum Gasteiger partial charge on any atom is -0.299 e. The van der Waals surface area contributed by atoms with Crippen LogP contribution in [0.5, 0.6) is 0 Å². The van der Waals surface area contributed by atoms with E-state index in [9.17, 15) is 9.59 Å². The third-order valence-electron chi connectivity index (χ3n) is 2.56. The zero-order chi connectivity index (χ0) is 14.4. The van der Waals surface area contributed by atoms with Crippen molar-refractivity contribution in [1.29, 1.82) is 10.5 Å². The van der Waals surface area contributed by atoms with Crippen molar-refractivity contribution in [2.45, 2.75) is 26.7 Å². The Morgan fingerprint density at radius 1 is 1.21 bits per heavy atom. The molecule has 0 amide bonds. The Balaban J connectivity index is 2.97. The van der Waals surface area contributed by atoms with E-state index in [-0.39, 0.29) is 29.2 Å². The number of hydrogen-bond donors (Lipinski definition) is 0. The Labute approximate surface area is 112 Å². The highest BCUT2D eigenvalue weighted by molar-refractivity contribution is 6.09. The quantitative estimate of drug-likeness (QED) is 0.597. The summed E-state index contributed by atoms with van der Waals surface area (Å²) in [6, 6.07) is 8.08. The van der Waals surface area contributed by atoms with Gasteiger partial charge in [-0.15, -0.1) is 0 Å². The molecule has 4 heteroatoms. The van der Waals surface area contributed by atoms with Gasteiger partial charge in [0.05, 0.1) is 29.7 Å². The van der Waals surface area contributed by atoms with Gasteiger partial charge in [-0.05, 0) is 24.1 Å². The van der Waals surface area contributed by atoms with Crippen LogP contribution >= 0.6 is 0 Å². The van der Waals surface area contributed by atoms with Crippen LogP contribution < -0.4 is 0 Å². The Morgan fingerprint density at radius 3 is 2.42 bits per heavy atom. The molecule has 0 aliphatic rings. The van der Waals surface area contributed by atoms with Gasteiger partial charge in [-0.25, -0.2) is 0 Å². The molecule has 19 heavy (non-hydrogen) atoms. The molecular weight excluding hydrogens is 240 g/mol. The average molecular weight is 254 g/mol. The van der Waals surface area contributed by atoms with Crippen molar-refractivity contribution in [3.05, 3.63) is 34.9 Å². The molecule has 0 spiro atoms. The van der Waals surface area contributed by atoms with Crippen LogP contribution in [-0.4, -0.2) is 11.6 Å². The molecule has 1 rings (SSSR count). The lowest BCUT2D eigenvalue weighted by atomic mass is 9.96. The van der Waals surface area contributed by atoms with Crippen LogP contribution in [0.1, 0.15) is 48.2 Å². The average Bonchev–Trinajstić information content (AvgIpc) is 2.36. The second-order valence-electron chi connectivity index (χ2n) is 4.72. The number of ketones is 2. The fourth-order valence-corrected chi connectivity index (χ4v) is 1.74. The lowest BCUT2D eigenvalue weighted by Gasteiger charge is -2.05. The summed E-state index contributed by atoms with van der Waals surface area (Å²) >= 11 is 0. The molecule has 4 nitrogen and oxygen atoms in total. The van der Waals surface area contributed by atoms with E-state index in [0.29, 0.717) is 12.0 Å². The number of rotatable bonds is 5. The van der Waals surface area contributed by atoms with Gasteiger partial charge in [-0.2, -0.15) is 10.5 Å². The van der Waals surface area contributed by atoms with Crippen LogP contribution in [0, 0.1) is 28.6 Å². The molecule has 0 radical (unpaired) electrons. The molecule has 0 aromatic heterocycles. The maximum Gasteiger partial charge on any atom is 0.171 e. The Hall–Kier alpha value is -2.46. The second kappa shape index (κ2) is 6.47. The van der Waals surface area contributed by atoms with Gasteiger partial charge in [0.1, 0.15) is 5.78 Å². The fraction of sp³-hybridized carbons (Fsp3) is 0.333. The Morgan fingerprint density at radius 2 is 1.89 bits per heavy atom. The van der Waals surface area contributed by atoms with Crippen molar-refractivity contribution >= 4 is 11.6 Å². The van der Waals surface area contributed by atoms with Gasteiger partial charge >= 0.3 is 0 Å². The summed E-state index contributed by atoms with van der Waals surface area (Å²) in [6.07, 6.45) is 0.118. The van der Waals surface area contributed by atoms with Gasteiger partial charge in [0, 0.05) is 12.0 Å². The molecule has 0 aliphatic heterocycles. The Bertz CT molecular complexity index is 589. The van der Waals surface area contributed by atoms with Crippen LogP contribution in [0.15, 0.2) is 18.2 Å². The number of Topliss-reactive ketones (excluding diaryl/α,β-unsaturated/α-hetero) is 2. The topological polar surface area (TPSA) is 81.7 Å². The van der Waals surface area contributed by atoms with Crippen LogP contribution in [0.4, 0.5) is 0 Å². The summed E-state index contributed by atoms with van der Waals surface area (Å²) in [4.78, 5) is 23.6.